The number of carboxylic acid groups (broad SMARTS) is 1. The average molecular weight is 284 g/mol. The zero-order chi connectivity index (χ0) is 15.1. The molecule has 1 unspecified atom stereocenters. The number of ether oxygens (including phenoxy) is 1. The van der Waals surface area contributed by atoms with Gasteiger partial charge in [0, 0.05) is 19.3 Å². The molecule has 110 valence electrons. The molecular weight excluding hydrogens is 267 g/mol. The van der Waals surface area contributed by atoms with E-state index in [0.717, 1.165) is 0 Å². The molecule has 0 saturated carbocycles. The standard InChI is InChI=1S/C13H17FN2O4/c1-8-5-9(14)3-4-11(8)16-13(19)15-7-10(20-2)6-12(17)18/h3-5,10H,6-7H2,1-2H3,(H,17,18)(H2,15,16,19). The third kappa shape index (κ3) is 5.23. The largest absolute Gasteiger partial charge is 0.481 e. The van der Waals surface area contributed by atoms with Gasteiger partial charge in [0.05, 0.1) is 12.5 Å². The number of carbonyl (C=O) groups excluding carboxylic acids is 1. The Morgan fingerprint density at radius 3 is 2.70 bits per heavy atom. The van der Waals surface area contributed by atoms with Crippen LogP contribution < -0.4 is 10.6 Å². The molecule has 20 heavy (non-hydrogen) atoms. The maximum absolute atomic E-state index is 12.9. The van der Waals surface area contributed by atoms with Crippen molar-refractivity contribution in [1.29, 1.82) is 0 Å². The Kier molecular flexibility index (Phi) is 5.92. The number of urea groups is 1. The van der Waals surface area contributed by atoms with Crippen LogP contribution in [-0.4, -0.2) is 36.9 Å². The molecule has 0 heterocycles. The molecule has 0 aromatic heterocycles. The molecule has 0 spiro atoms. The summed E-state index contributed by atoms with van der Waals surface area (Å²) < 4.78 is 17.8. The zero-order valence-corrected chi connectivity index (χ0v) is 11.3. The molecule has 0 aliphatic rings. The van der Waals surface area contributed by atoms with Crippen LogP contribution in [0.15, 0.2) is 18.2 Å². The van der Waals surface area contributed by atoms with Gasteiger partial charge in [0.25, 0.3) is 0 Å². The second-order valence-electron chi connectivity index (χ2n) is 4.25. The van der Waals surface area contributed by atoms with E-state index >= 15 is 0 Å². The number of nitrogens with one attached hydrogen (secondary N) is 2. The van der Waals surface area contributed by atoms with Crippen molar-refractivity contribution in [3.8, 4) is 0 Å². The van der Waals surface area contributed by atoms with Crippen molar-refractivity contribution in [2.75, 3.05) is 19.0 Å². The van der Waals surface area contributed by atoms with Gasteiger partial charge in [-0.2, -0.15) is 0 Å². The zero-order valence-electron chi connectivity index (χ0n) is 11.3. The van der Waals surface area contributed by atoms with Crippen molar-refractivity contribution >= 4 is 17.7 Å². The van der Waals surface area contributed by atoms with Gasteiger partial charge in [-0.1, -0.05) is 0 Å². The van der Waals surface area contributed by atoms with Gasteiger partial charge in [-0.3, -0.25) is 4.79 Å². The van der Waals surface area contributed by atoms with Gasteiger partial charge in [-0.15, -0.1) is 0 Å². The van der Waals surface area contributed by atoms with E-state index in [4.69, 9.17) is 9.84 Å². The molecule has 0 bridgehead atoms. The fourth-order valence-corrected chi connectivity index (χ4v) is 1.57. The quantitative estimate of drug-likeness (QED) is 0.742. The smallest absolute Gasteiger partial charge is 0.319 e. The molecule has 2 amide bonds. The van der Waals surface area contributed by atoms with Crippen LogP contribution >= 0.6 is 0 Å². The Hall–Kier alpha value is -2.15. The number of hydrogen-bond donors (Lipinski definition) is 3. The molecule has 0 aliphatic carbocycles. The lowest BCUT2D eigenvalue weighted by molar-refractivity contribution is -0.139. The second kappa shape index (κ2) is 7.44. The van der Waals surface area contributed by atoms with E-state index in [9.17, 15) is 14.0 Å². The first-order chi connectivity index (χ1) is 9.42. The maximum Gasteiger partial charge on any atom is 0.319 e. The fourth-order valence-electron chi connectivity index (χ4n) is 1.57. The molecule has 6 nitrogen and oxygen atoms in total. The summed E-state index contributed by atoms with van der Waals surface area (Å²) in [5.41, 5.74) is 1.07. The molecule has 0 fully saturated rings. The van der Waals surface area contributed by atoms with Gasteiger partial charge >= 0.3 is 12.0 Å². The van der Waals surface area contributed by atoms with Gasteiger partial charge in [-0.05, 0) is 30.7 Å². The van der Waals surface area contributed by atoms with Crippen molar-refractivity contribution in [2.24, 2.45) is 0 Å². The Morgan fingerprint density at radius 2 is 2.15 bits per heavy atom. The van der Waals surface area contributed by atoms with Crippen LogP contribution in [0.2, 0.25) is 0 Å². The molecule has 0 aliphatic heterocycles. The minimum atomic E-state index is -1.01. The van der Waals surface area contributed by atoms with E-state index in [1.165, 1.54) is 25.3 Å². The summed E-state index contributed by atoms with van der Waals surface area (Å²) in [4.78, 5) is 22.2. The van der Waals surface area contributed by atoms with Gasteiger partial charge in [0.15, 0.2) is 0 Å². The summed E-state index contributed by atoms with van der Waals surface area (Å²) >= 11 is 0. The first-order valence-corrected chi connectivity index (χ1v) is 5.98. The Morgan fingerprint density at radius 1 is 1.45 bits per heavy atom. The topological polar surface area (TPSA) is 87.7 Å². The molecule has 7 heteroatoms. The molecule has 1 aromatic carbocycles. The van der Waals surface area contributed by atoms with Crippen molar-refractivity contribution in [2.45, 2.75) is 19.4 Å². The van der Waals surface area contributed by atoms with Gasteiger partial charge in [-0.25, -0.2) is 9.18 Å². The van der Waals surface area contributed by atoms with Crippen LogP contribution in [0.5, 0.6) is 0 Å². The summed E-state index contributed by atoms with van der Waals surface area (Å²) in [6.45, 7) is 1.73. The monoisotopic (exact) mass is 284 g/mol. The molecule has 3 N–H and O–H groups in total. The van der Waals surface area contributed by atoms with E-state index in [-0.39, 0.29) is 18.8 Å². The number of aliphatic carboxylic acids is 1. The van der Waals surface area contributed by atoms with Gasteiger partial charge in [0.1, 0.15) is 5.82 Å². The van der Waals surface area contributed by atoms with Crippen LogP contribution in [0.1, 0.15) is 12.0 Å². The lowest BCUT2D eigenvalue weighted by Crippen LogP contribution is -2.37. The summed E-state index contributed by atoms with van der Waals surface area (Å²) in [6, 6.07) is 3.49. The number of halogens is 1. The van der Waals surface area contributed by atoms with Crippen LogP contribution in [0, 0.1) is 12.7 Å². The van der Waals surface area contributed by atoms with Crippen LogP contribution in [0.25, 0.3) is 0 Å². The van der Waals surface area contributed by atoms with Crippen molar-refractivity contribution in [3.05, 3.63) is 29.6 Å². The highest BCUT2D eigenvalue weighted by atomic mass is 19.1. The first kappa shape index (κ1) is 15.9. The third-order valence-corrected chi connectivity index (χ3v) is 2.66. The van der Waals surface area contributed by atoms with E-state index < -0.39 is 18.1 Å². The predicted octanol–water partition coefficient (Wildman–Crippen LogP) is 1.75. The Labute approximate surface area is 115 Å². The van der Waals surface area contributed by atoms with E-state index in [0.29, 0.717) is 11.3 Å². The minimum Gasteiger partial charge on any atom is -0.481 e. The van der Waals surface area contributed by atoms with Crippen LogP contribution in [0.4, 0.5) is 14.9 Å². The number of benzene rings is 1. The van der Waals surface area contributed by atoms with Crippen molar-refractivity contribution < 1.29 is 23.8 Å². The van der Waals surface area contributed by atoms with Crippen molar-refractivity contribution in [1.82, 2.24) is 5.32 Å². The van der Waals surface area contributed by atoms with Crippen molar-refractivity contribution in [3.63, 3.8) is 0 Å². The molecule has 0 saturated heterocycles. The SMILES string of the molecule is COC(CNC(=O)Nc1ccc(F)cc1C)CC(=O)O. The summed E-state index contributed by atoms with van der Waals surface area (Å²) in [5, 5.41) is 13.7. The van der Waals surface area contributed by atoms with E-state index in [1.807, 2.05) is 0 Å². The lowest BCUT2D eigenvalue weighted by Gasteiger charge is -2.15. The highest BCUT2D eigenvalue weighted by Crippen LogP contribution is 2.15. The number of carboxylic acids is 1. The molecular formula is C13H17FN2O4. The molecule has 1 atom stereocenters. The number of carbonyl (C=O) groups is 2. The number of rotatable bonds is 6. The van der Waals surface area contributed by atoms with Crippen LogP contribution in [-0.2, 0) is 9.53 Å². The highest BCUT2D eigenvalue weighted by Gasteiger charge is 2.13. The maximum atomic E-state index is 12.9. The fraction of sp³-hybridized carbons (Fsp3) is 0.385. The second-order valence-corrected chi connectivity index (χ2v) is 4.25. The number of anilines is 1. The Bertz CT molecular complexity index is 493. The molecule has 1 rings (SSSR count). The lowest BCUT2D eigenvalue weighted by atomic mass is 10.2. The number of aryl methyl sites for hydroxylation is 1. The highest BCUT2D eigenvalue weighted by molar-refractivity contribution is 5.90. The predicted molar refractivity (Wildman–Crippen MR) is 71.2 cm³/mol. The molecule has 1 aromatic rings. The minimum absolute atomic E-state index is 0.0644. The van der Waals surface area contributed by atoms with Gasteiger partial charge in [0.2, 0.25) is 0 Å². The average Bonchev–Trinajstić information content (AvgIpc) is 2.37. The molecule has 0 radical (unpaired) electrons. The van der Waals surface area contributed by atoms with Crippen LogP contribution in [0.3, 0.4) is 0 Å². The summed E-state index contributed by atoms with van der Waals surface area (Å²) in [6.07, 6.45) is -0.806. The normalized spacial score (nSPS) is 11.8. The third-order valence-electron chi connectivity index (χ3n) is 2.66. The van der Waals surface area contributed by atoms with E-state index in [1.54, 1.807) is 6.92 Å². The summed E-state index contributed by atoms with van der Waals surface area (Å²) in [5.74, 6) is -1.39. The van der Waals surface area contributed by atoms with Gasteiger partial charge < -0.3 is 20.5 Å². The number of hydrogen-bond acceptors (Lipinski definition) is 3. The number of methoxy groups -OCH3 is 1. The summed E-state index contributed by atoms with van der Waals surface area (Å²) in [7, 11) is 1.37. The first-order valence-electron chi connectivity index (χ1n) is 5.98. The number of amides is 2. The Balaban J connectivity index is 2.49. The van der Waals surface area contributed by atoms with E-state index in [2.05, 4.69) is 10.6 Å².